The molecule has 2 N–H and O–H groups in total. The second kappa shape index (κ2) is 4.86. The molecule has 2 rings (SSSR count). The molecule has 0 amide bonds. The van der Waals surface area contributed by atoms with E-state index in [0.717, 1.165) is 38.5 Å². The molecule has 0 aliphatic heterocycles. The molecule has 17 heavy (non-hydrogen) atoms. The molecule has 4 nitrogen and oxygen atoms in total. The molecule has 0 aromatic rings. The Labute approximate surface area is 105 Å². The number of rotatable bonds is 4. The van der Waals surface area contributed by atoms with Gasteiger partial charge in [-0.3, -0.25) is 0 Å². The Balaban J connectivity index is 2.20. The van der Waals surface area contributed by atoms with E-state index in [9.17, 15) is 8.42 Å². The molecule has 2 aliphatic carbocycles. The van der Waals surface area contributed by atoms with Gasteiger partial charge in [-0.2, -0.15) is 4.31 Å². The van der Waals surface area contributed by atoms with Crippen molar-refractivity contribution in [2.45, 2.75) is 62.2 Å². The van der Waals surface area contributed by atoms with Crippen molar-refractivity contribution in [3.8, 4) is 0 Å². The molecule has 2 fully saturated rings. The number of sulfonamides is 1. The van der Waals surface area contributed by atoms with Crippen LogP contribution in [0.5, 0.6) is 0 Å². The van der Waals surface area contributed by atoms with Gasteiger partial charge in [-0.05, 0) is 25.7 Å². The van der Waals surface area contributed by atoms with Crippen molar-refractivity contribution < 1.29 is 8.42 Å². The van der Waals surface area contributed by atoms with E-state index in [0.29, 0.717) is 6.54 Å². The summed E-state index contributed by atoms with van der Waals surface area (Å²) in [6.07, 6.45) is 8.11. The Morgan fingerprint density at radius 3 is 2.12 bits per heavy atom. The van der Waals surface area contributed by atoms with E-state index >= 15 is 0 Å². The second-order valence-electron chi connectivity index (χ2n) is 5.55. The first-order valence-corrected chi connectivity index (χ1v) is 8.21. The van der Waals surface area contributed by atoms with Gasteiger partial charge in [0.1, 0.15) is 0 Å². The first-order valence-electron chi connectivity index (χ1n) is 6.71. The van der Waals surface area contributed by atoms with Crippen LogP contribution in [-0.2, 0) is 10.0 Å². The monoisotopic (exact) mass is 260 g/mol. The van der Waals surface area contributed by atoms with Crippen molar-refractivity contribution in [2.75, 3.05) is 13.6 Å². The Hall–Kier alpha value is -0.130. The van der Waals surface area contributed by atoms with Gasteiger partial charge in [0.15, 0.2) is 0 Å². The standard InChI is InChI=1S/C12H24N2O2S/c1-14(17(15,16)11-6-7-11)12(10-13)8-4-2-3-5-9-12/h11H,2-10,13H2,1H3. The Bertz CT molecular complexity index is 355. The van der Waals surface area contributed by atoms with Crippen LogP contribution in [0.2, 0.25) is 0 Å². The Morgan fingerprint density at radius 2 is 1.71 bits per heavy atom. The topological polar surface area (TPSA) is 63.4 Å². The maximum atomic E-state index is 12.3. The molecule has 2 saturated carbocycles. The van der Waals surface area contributed by atoms with Gasteiger partial charge in [0.2, 0.25) is 10.0 Å². The fraction of sp³-hybridized carbons (Fsp3) is 1.00. The Kier molecular flexibility index (Phi) is 3.80. The second-order valence-corrected chi connectivity index (χ2v) is 7.80. The average molecular weight is 260 g/mol. The third kappa shape index (κ3) is 2.51. The molecule has 0 radical (unpaired) electrons. The zero-order valence-electron chi connectivity index (χ0n) is 10.7. The lowest BCUT2D eigenvalue weighted by molar-refractivity contribution is 0.195. The van der Waals surface area contributed by atoms with Gasteiger partial charge < -0.3 is 5.73 Å². The summed E-state index contributed by atoms with van der Waals surface area (Å²) in [5.41, 5.74) is 5.61. The van der Waals surface area contributed by atoms with Crippen LogP contribution in [-0.4, -0.2) is 37.1 Å². The molecule has 0 saturated heterocycles. The number of hydrogen-bond donors (Lipinski definition) is 1. The van der Waals surface area contributed by atoms with Gasteiger partial charge in [0, 0.05) is 19.1 Å². The van der Waals surface area contributed by atoms with E-state index in [-0.39, 0.29) is 10.8 Å². The molecule has 0 spiro atoms. The van der Waals surface area contributed by atoms with Crippen LogP contribution < -0.4 is 5.73 Å². The summed E-state index contributed by atoms with van der Waals surface area (Å²) in [6, 6.07) is 0. The summed E-state index contributed by atoms with van der Waals surface area (Å²) < 4.78 is 26.3. The maximum absolute atomic E-state index is 12.3. The van der Waals surface area contributed by atoms with Crippen LogP contribution in [0.4, 0.5) is 0 Å². The number of likely N-dealkylation sites (N-methyl/N-ethyl adjacent to an activating group) is 1. The molecular weight excluding hydrogens is 236 g/mol. The maximum Gasteiger partial charge on any atom is 0.217 e. The molecule has 0 bridgehead atoms. The zero-order chi connectivity index (χ0) is 12.5. The van der Waals surface area contributed by atoms with Gasteiger partial charge >= 0.3 is 0 Å². The summed E-state index contributed by atoms with van der Waals surface area (Å²) in [5, 5.41) is -0.126. The first kappa shape index (κ1) is 13.3. The lowest BCUT2D eigenvalue weighted by Crippen LogP contribution is -2.54. The lowest BCUT2D eigenvalue weighted by Gasteiger charge is -2.39. The molecule has 0 heterocycles. The highest BCUT2D eigenvalue weighted by Crippen LogP contribution is 2.38. The Morgan fingerprint density at radius 1 is 1.18 bits per heavy atom. The van der Waals surface area contributed by atoms with E-state index in [1.807, 2.05) is 0 Å². The number of nitrogens with zero attached hydrogens (tertiary/aromatic N) is 1. The van der Waals surface area contributed by atoms with E-state index in [2.05, 4.69) is 0 Å². The first-order chi connectivity index (χ1) is 8.03. The predicted octanol–water partition coefficient (Wildman–Crippen LogP) is 1.46. The van der Waals surface area contributed by atoms with Gasteiger partial charge in [-0.25, -0.2) is 8.42 Å². The van der Waals surface area contributed by atoms with Crippen LogP contribution in [0.15, 0.2) is 0 Å². The summed E-state index contributed by atoms with van der Waals surface area (Å²) in [4.78, 5) is 0. The normalized spacial score (nSPS) is 25.8. The fourth-order valence-corrected chi connectivity index (χ4v) is 4.87. The number of hydrogen-bond acceptors (Lipinski definition) is 3. The van der Waals surface area contributed by atoms with E-state index in [1.165, 1.54) is 12.8 Å². The SMILES string of the molecule is CN(C1(CN)CCCCCC1)S(=O)(=O)C1CC1. The fourth-order valence-electron chi connectivity index (χ4n) is 2.89. The van der Waals surface area contributed by atoms with Crippen molar-refractivity contribution in [1.29, 1.82) is 0 Å². The predicted molar refractivity (Wildman–Crippen MR) is 69.2 cm³/mol. The lowest BCUT2D eigenvalue weighted by atomic mass is 9.90. The highest BCUT2D eigenvalue weighted by atomic mass is 32.2. The van der Waals surface area contributed by atoms with Crippen LogP contribution in [0.25, 0.3) is 0 Å². The third-order valence-electron chi connectivity index (χ3n) is 4.41. The highest BCUT2D eigenvalue weighted by molar-refractivity contribution is 7.90. The zero-order valence-corrected chi connectivity index (χ0v) is 11.5. The van der Waals surface area contributed by atoms with Crippen molar-refractivity contribution in [2.24, 2.45) is 5.73 Å². The minimum absolute atomic E-state index is 0.126. The van der Waals surface area contributed by atoms with Crippen molar-refractivity contribution in [3.63, 3.8) is 0 Å². The number of nitrogens with two attached hydrogens (primary N) is 1. The average Bonchev–Trinajstić information content (AvgIpc) is 3.15. The molecule has 0 unspecified atom stereocenters. The van der Waals surface area contributed by atoms with Gasteiger partial charge in [-0.1, -0.05) is 25.7 Å². The molecule has 0 aromatic heterocycles. The molecule has 100 valence electrons. The van der Waals surface area contributed by atoms with Crippen molar-refractivity contribution in [1.82, 2.24) is 4.31 Å². The largest absolute Gasteiger partial charge is 0.329 e. The quantitative estimate of drug-likeness (QED) is 0.778. The van der Waals surface area contributed by atoms with Crippen LogP contribution >= 0.6 is 0 Å². The molecule has 0 atom stereocenters. The summed E-state index contributed by atoms with van der Waals surface area (Å²) in [5.74, 6) is 0. The minimum Gasteiger partial charge on any atom is -0.329 e. The van der Waals surface area contributed by atoms with Crippen molar-refractivity contribution in [3.05, 3.63) is 0 Å². The summed E-state index contributed by atoms with van der Waals surface area (Å²) in [7, 11) is -1.36. The van der Waals surface area contributed by atoms with E-state index in [1.54, 1.807) is 11.4 Å². The van der Waals surface area contributed by atoms with Gasteiger partial charge in [0.05, 0.1) is 5.25 Å². The summed E-state index contributed by atoms with van der Waals surface area (Å²) >= 11 is 0. The summed E-state index contributed by atoms with van der Waals surface area (Å²) in [6.45, 7) is 0.454. The van der Waals surface area contributed by atoms with Crippen LogP contribution in [0.3, 0.4) is 0 Å². The van der Waals surface area contributed by atoms with Crippen LogP contribution in [0, 0.1) is 0 Å². The third-order valence-corrected chi connectivity index (χ3v) is 6.87. The molecule has 0 aromatic carbocycles. The van der Waals surface area contributed by atoms with Crippen LogP contribution in [0.1, 0.15) is 51.4 Å². The highest BCUT2D eigenvalue weighted by Gasteiger charge is 2.46. The van der Waals surface area contributed by atoms with Gasteiger partial charge in [0.25, 0.3) is 0 Å². The van der Waals surface area contributed by atoms with Gasteiger partial charge in [-0.15, -0.1) is 0 Å². The minimum atomic E-state index is -3.10. The van der Waals surface area contributed by atoms with E-state index < -0.39 is 10.0 Å². The molecule has 2 aliphatic rings. The van der Waals surface area contributed by atoms with E-state index in [4.69, 9.17) is 5.73 Å². The van der Waals surface area contributed by atoms with Crippen molar-refractivity contribution >= 4 is 10.0 Å². The molecular formula is C12H24N2O2S. The smallest absolute Gasteiger partial charge is 0.217 e. The molecule has 5 heteroatoms.